The van der Waals surface area contributed by atoms with Crippen molar-refractivity contribution in [3.8, 4) is 5.75 Å². The lowest BCUT2D eigenvalue weighted by Crippen LogP contribution is -2.36. The number of benzene rings is 1. The summed E-state index contributed by atoms with van der Waals surface area (Å²) >= 11 is 0. The molecule has 6 heteroatoms. The molecule has 0 spiro atoms. The minimum absolute atomic E-state index is 0.127. The van der Waals surface area contributed by atoms with Gasteiger partial charge in [0.25, 0.3) is 5.91 Å². The Balaban J connectivity index is 1.34. The Morgan fingerprint density at radius 2 is 1.97 bits per heavy atom. The standard InChI is InChI=1S/C23H30N4O2/c1-29-22-5-3-2-4-19(22)13-25-23(28)20-14-24-16-26-21(20)12-17-8-10-27(11-9-17)15-18-6-7-18/h2-5,14,16-18H,6-13,15H2,1H3,(H,25,28). The van der Waals surface area contributed by atoms with Gasteiger partial charge in [-0.1, -0.05) is 18.2 Å². The monoisotopic (exact) mass is 394 g/mol. The van der Waals surface area contributed by atoms with E-state index in [9.17, 15) is 4.79 Å². The summed E-state index contributed by atoms with van der Waals surface area (Å²) in [6.45, 7) is 4.02. The smallest absolute Gasteiger partial charge is 0.254 e. The number of likely N-dealkylation sites (tertiary alicyclic amines) is 1. The van der Waals surface area contributed by atoms with Crippen molar-refractivity contribution in [2.75, 3.05) is 26.7 Å². The van der Waals surface area contributed by atoms with Crippen LogP contribution in [-0.2, 0) is 13.0 Å². The largest absolute Gasteiger partial charge is 0.496 e. The molecule has 1 aromatic heterocycles. The highest BCUT2D eigenvalue weighted by Crippen LogP contribution is 2.31. The van der Waals surface area contributed by atoms with Crippen molar-refractivity contribution in [3.05, 3.63) is 53.6 Å². The number of amides is 1. The van der Waals surface area contributed by atoms with E-state index < -0.39 is 0 Å². The molecule has 0 bridgehead atoms. The average molecular weight is 395 g/mol. The minimum atomic E-state index is -0.127. The van der Waals surface area contributed by atoms with Crippen molar-refractivity contribution in [2.24, 2.45) is 11.8 Å². The Morgan fingerprint density at radius 3 is 2.72 bits per heavy atom. The number of piperidine rings is 1. The van der Waals surface area contributed by atoms with E-state index in [2.05, 4.69) is 20.2 Å². The quantitative estimate of drug-likeness (QED) is 0.745. The third-order valence-corrected chi connectivity index (χ3v) is 6.07. The zero-order chi connectivity index (χ0) is 20.1. The van der Waals surface area contributed by atoms with E-state index in [4.69, 9.17) is 4.74 Å². The minimum Gasteiger partial charge on any atom is -0.496 e. The highest BCUT2D eigenvalue weighted by molar-refractivity contribution is 5.94. The maximum absolute atomic E-state index is 12.8. The maximum Gasteiger partial charge on any atom is 0.254 e. The summed E-state index contributed by atoms with van der Waals surface area (Å²) in [4.78, 5) is 24.0. The molecule has 0 unspecified atom stereocenters. The van der Waals surface area contributed by atoms with Crippen molar-refractivity contribution in [2.45, 2.75) is 38.6 Å². The summed E-state index contributed by atoms with van der Waals surface area (Å²) in [5.41, 5.74) is 2.39. The fourth-order valence-electron chi connectivity index (χ4n) is 4.14. The van der Waals surface area contributed by atoms with Gasteiger partial charge in [0.15, 0.2) is 0 Å². The molecule has 2 heterocycles. The summed E-state index contributed by atoms with van der Waals surface area (Å²) in [6, 6.07) is 7.71. The van der Waals surface area contributed by atoms with Gasteiger partial charge in [-0.05, 0) is 63.1 Å². The number of nitrogens with one attached hydrogen (secondary N) is 1. The zero-order valence-electron chi connectivity index (χ0n) is 17.1. The molecule has 6 nitrogen and oxygen atoms in total. The molecular weight excluding hydrogens is 364 g/mol. The van der Waals surface area contributed by atoms with Gasteiger partial charge in [-0.3, -0.25) is 4.79 Å². The first-order valence-electron chi connectivity index (χ1n) is 10.6. The number of methoxy groups -OCH3 is 1. The van der Waals surface area contributed by atoms with Crippen molar-refractivity contribution >= 4 is 5.91 Å². The number of para-hydroxylation sites is 1. The molecule has 154 valence electrons. The van der Waals surface area contributed by atoms with E-state index in [0.717, 1.165) is 29.3 Å². The van der Waals surface area contributed by atoms with Crippen LogP contribution in [-0.4, -0.2) is 47.5 Å². The first kappa shape index (κ1) is 19.8. The summed E-state index contributed by atoms with van der Waals surface area (Å²) in [6.07, 6.45) is 9.22. The van der Waals surface area contributed by atoms with Crippen LogP contribution >= 0.6 is 0 Å². The molecule has 1 saturated heterocycles. The van der Waals surface area contributed by atoms with Crippen LogP contribution in [0.1, 0.15) is 47.3 Å². The van der Waals surface area contributed by atoms with Gasteiger partial charge in [-0.15, -0.1) is 0 Å². The van der Waals surface area contributed by atoms with Gasteiger partial charge in [-0.2, -0.15) is 0 Å². The molecule has 1 saturated carbocycles. The summed E-state index contributed by atoms with van der Waals surface area (Å²) in [5, 5.41) is 3.00. The predicted octanol–water partition coefficient (Wildman–Crippen LogP) is 3.08. The molecular formula is C23H30N4O2. The van der Waals surface area contributed by atoms with E-state index in [1.165, 1.54) is 45.3 Å². The Kier molecular flexibility index (Phi) is 6.39. The Bertz CT molecular complexity index is 829. The van der Waals surface area contributed by atoms with Crippen LogP contribution in [0.15, 0.2) is 36.8 Å². The van der Waals surface area contributed by atoms with Gasteiger partial charge in [0, 0.05) is 24.8 Å². The van der Waals surface area contributed by atoms with Crippen LogP contribution in [0.25, 0.3) is 0 Å². The lowest BCUT2D eigenvalue weighted by Gasteiger charge is -2.32. The van der Waals surface area contributed by atoms with E-state index in [0.29, 0.717) is 18.0 Å². The van der Waals surface area contributed by atoms with Crippen LogP contribution < -0.4 is 10.1 Å². The molecule has 29 heavy (non-hydrogen) atoms. The summed E-state index contributed by atoms with van der Waals surface area (Å²) in [5.74, 6) is 2.18. The van der Waals surface area contributed by atoms with Crippen LogP contribution in [0.2, 0.25) is 0 Å². The number of carbonyl (C=O) groups is 1. The topological polar surface area (TPSA) is 67.3 Å². The Morgan fingerprint density at radius 1 is 1.17 bits per heavy atom. The van der Waals surface area contributed by atoms with Gasteiger partial charge < -0.3 is 15.0 Å². The lowest BCUT2D eigenvalue weighted by atomic mass is 9.90. The first-order chi connectivity index (χ1) is 14.2. The SMILES string of the molecule is COc1ccccc1CNC(=O)c1cncnc1CC1CCN(CC2CC2)CC1. The Hall–Kier alpha value is -2.47. The van der Waals surface area contributed by atoms with Gasteiger partial charge in [0.2, 0.25) is 0 Å². The van der Waals surface area contributed by atoms with Crippen molar-refractivity contribution in [1.29, 1.82) is 0 Å². The number of carbonyl (C=O) groups excluding carboxylic acids is 1. The predicted molar refractivity (Wildman–Crippen MR) is 112 cm³/mol. The second kappa shape index (κ2) is 9.35. The third-order valence-electron chi connectivity index (χ3n) is 6.07. The molecule has 2 fully saturated rings. The first-order valence-corrected chi connectivity index (χ1v) is 10.6. The number of ether oxygens (including phenoxy) is 1. The maximum atomic E-state index is 12.8. The molecule has 1 aromatic carbocycles. The number of rotatable bonds is 8. The number of nitrogens with zero attached hydrogens (tertiary/aromatic N) is 3. The van der Waals surface area contributed by atoms with E-state index in [1.807, 2.05) is 24.3 Å². The molecule has 0 radical (unpaired) electrons. The second-order valence-electron chi connectivity index (χ2n) is 8.27. The fraction of sp³-hybridized carbons (Fsp3) is 0.522. The van der Waals surface area contributed by atoms with E-state index in [1.54, 1.807) is 19.6 Å². The van der Waals surface area contributed by atoms with E-state index in [-0.39, 0.29) is 5.91 Å². The van der Waals surface area contributed by atoms with Crippen molar-refractivity contribution in [1.82, 2.24) is 20.2 Å². The number of aromatic nitrogens is 2. The zero-order valence-corrected chi connectivity index (χ0v) is 17.1. The van der Waals surface area contributed by atoms with Gasteiger partial charge in [0.05, 0.1) is 18.4 Å². The van der Waals surface area contributed by atoms with Crippen molar-refractivity contribution in [3.63, 3.8) is 0 Å². The molecule has 1 aliphatic carbocycles. The molecule has 2 aliphatic rings. The molecule has 2 aromatic rings. The molecule has 1 amide bonds. The Labute approximate surface area is 172 Å². The average Bonchev–Trinajstić information content (AvgIpc) is 3.58. The van der Waals surface area contributed by atoms with Crippen LogP contribution in [0.3, 0.4) is 0 Å². The van der Waals surface area contributed by atoms with Gasteiger partial charge in [-0.25, -0.2) is 9.97 Å². The third kappa shape index (κ3) is 5.32. The fourth-order valence-corrected chi connectivity index (χ4v) is 4.14. The van der Waals surface area contributed by atoms with E-state index >= 15 is 0 Å². The molecule has 4 rings (SSSR count). The van der Waals surface area contributed by atoms with Crippen LogP contribution in [0.5, 0.6) is 5.75 Å². The van der Waals surface area contributed by atoms with Gasteiger partial charge >= 0.3 is 0 Å². The highest BCUT2D eigenvalue weighted by atomic mass is 16.5. The lowest BCUT2D eigenvalue weighted by molar-refractivity contribution is 0.0948. The second-order valence-corrected chi connectivity index (χ2v) is 8.27. The number of hydrogen-bond acceptors (Lipinski definition) is 5. The van der Waals surface area contributed by atoms with Crippen LogP contribution in [0.4, 0.5) is 0 Å². The highest BCUT2D eigenvalue weighted by Gasteiger charge is 2.27. The normalized spacial score (nSPS) is 17.8. The molecule has 1 aliphatic heterocycles. The number of hydrogen-bond donors (Lipinski definition) is 1. The van der Waals surface area contributed by atoms with Gasteiger partial charge in [0.1, 0.15) is 12.1 Å². The summed E-state index contributed by atoms with van der Waals surface area (Å²) < 4.78 is 5.36. The van der Waals surface area contributed by atoms with Crippen LogP contribution in [0, 0.1) is 11.8 Å². The molecule has 1 N–H and O–H groups in total. The summed E-state index contributed by atoms with van der Waals surface area (Å²) in [7, 11) is 1.64. The molecule has 0 atom stereocenters. The van der Waals surface area contributed by atoms with Crippen molar-refractivity contribution < 1.29 is 9.53 Å².